The zero-order valence-electron chi connectivity index (χ0n) is 16.9. The Labute approximate surface area is 171 Å². The normalized spacial score (nSPS) is 19.3. The number of carbonyl (C=O) groups excluding carboxylic acids is 1. The minimum Gasteiger partial charge on any atom is -0.326 e. The Morgan fingerprint density at radius 1 is 1.00 bits per heavy atom. The highest BCUT2D eigenvalue weighted by molar-refractivity contribution is 7.89. The van der Waals surface area contributed by atoms with E-state index >= 15 is 0 Å². The van der Waals surface area contributed by atoms with Crippen LogP contribution < -0.4 is 5.32 Å². The molecule has 2 aliphatic rings. The fourth-order valence-corrected chi connectivity index (χ4v) is 5.76. The van der Waals surface area contributed by atoms with E-state index in [9.17, 15) is 13.2 Å². The van der Waals surface area contributed by atoms with E-state index in [4.69, 9.17) is 4.99 Å². The predicted octanol–water partition coefficient (Wildman–Crippen LogP) is 2.71. The summed E-state index contributed by atoms with van der Waals surface area (Å²) < 4.78 is 27.7. The Balaban J connectivity index is 1.55. The molecule has 29 heavy (non-hydrogen) atoms. The minimum atomic E-state index is -3.57. The fraction of sp³-hybridized carbons (Fsp3) is 0.364. The molecular formula is C22H25N3O3S. The van der Waals surface area contributed by atoms with Gasteiger partial charge < -0.3 is 5.32 Å². The van der Waals surface area contributed by atoms with E-state index in [0.717, 1.165) is 22.3 Å². The Morgan fingerprint density at radius 2 is 1.69 bits per heavy atom. The van der Waals surface area contributed by atoms with E-state index in [1.54, 1.807) is 6.07 Å². The van der Waals surface area contributed by atoms with Gasteiger partial charge in [-0.1, -0.05) is 41.5 Å². The van der Waals surface area contributed by atoms with Crippen molar-refractivity contribution in [2.45, 2.75) is 44.2 Å². The van der Waals surface area contributed by atoms with Crippen molar-refractivity contribution < 1.29 is 13.2 Å². The molecule has 0 atom stereocenters. The van der Waals surface area contributed by atoms with Crippen molar-refractivity contribution in [3.63, 3.8) is 0 Å². The molecular weight excluding hydrogens is 386 g/mol. The molecule has 0 radical (unpaired) electrons. The van der Waals surface area contributed by atoms with Crippen LogP contribution in [0.3, 0.4) is 0 Å². The molecule has 0 aliphatic carbocycles. The molecule has 1 fully saturated rings. The minimum absolute atomic E-state index is 0.193. The SMILES string of the molecule is Cc1cccc(C2=NC3(CCN(S(=O)(=O)c4ccc(C)cc4C)CC3)NC2=O)c1. The molecule has 1 amide bonds. The van der Waals surface area contributed by atoms with Crippen LogP contribution >= 0.6 is 0 Å². The fourth-order valence-electron chi connectivity index (χ4n) is 4.11. The van der Waals surface area contributed by atoms with Gasteiger partial charge in [0, 0.05) is 31.5 Å². The van der Waals surface area contributed by atoms with E-state index in [-0.39, 0.29) is 5.91 Å². The monoisotopic (exact) mass is 411 g/mol. The summed E-state index contributed by atoms with van der Waals surface area (Å²) in [5.41, 5.74) is 3.35. The summed E-state index contributed by atoms with van der Waals surface area (Å²) in [5.74, 6) is -0.193. The van der Waals surface area contributed by atoms with Crippen LogP contribution in [0.2, 0.25) is 0 Å². The van der Waals surface area contributed by atoms with E-state index in [1.807, 2.05) is 57.2 Å². The smallest absolute Gasteiger partial charge is 0.272 e. The second-order valence-corrected chi connectivity index (χ2v) is 9.89. The summed E-state index contributed by atoms with van der Waals surface area (Å²) in [4.78, 5) is 17.6. The van der Waals surface area contributed by atoms with E-state index in [0.29, 0.717) is 36.5 Å². The van der Waals surface area contributed by atoms with Crippen LogP contribution in [-0.2, 0) is 14.8 Å². The molecule has 0 unspecified atom stereocenters. The van der Waals surface area contributed by atoms with E-state index < -0.39 is 15.7 Å². The topological polar surface area (TPSA) is 78.8 Å². The van der Waals surface area contributed by atoms with Crippen molar-refractivity contribution in [3.8, 4) is 0 Å². The molecule has 0 saturated carbocycles. The van der Waals surface area contributed by atoms with Crippen molar-refractivity contribution in [1.29, 1.82) is 0 Å². The van der Waals surface area contributed by atoms with E-state index in [1.165, 1.54) is 4.31 Å². The van der Waals surface area contributed by atoms with Crippen LogP contribution in [0.4, 0.5) is 0 Å². The first kappa shape index (κ1) is 19.8. The number of aryl methyl sites for hydroxylation is 3. The molecule has 4 rings (SSSR count). The number of amides is 1. The Kier molecular flexibility index (Phi) is 4.83. The Bertz CT molecular complexity index is 1110. The lowest BCUT2D eigenvalue weighted by atomic mass is 10.00. The highest BCUT2D eigenvalue weighted by Crippen LogP contribution is 2.32. The Hall–Kier alpha value is -2.51. The summed E-state index contributed by atoms with van der Waals surface area (Å²) in [6.45, 7) is 6.38. The zero-order valence-corrected chi connectivity index (χ0v) is 17.7. The number of aliphatic imine (C=N–C) groups is 1. The molecule has 152 valence electrons. The van der Waals surface area contributed by atoms with Crippen molar-refractivity contribution in [2.75, 3.05) is 13.1 Å². The molecule has 2 aromatic carbocycles. The third kappa shape index (κ3) is 3.60. The number of rotatable bonds is 3. The van der Waals surface area contributed by atoms with Gasteiger partial charge in [-0.15, -0.1) is 0 Å². The van der Waals surface area contributed by atoms with Gasteiger partial charge in [0.1, 0.15) is 11.4 Å². The highest BCUT2D eigenvalue weighted by Gasteiger charge is 2.44. The van der Waals surface area contributed by atoms with Gasteiger partial charge in [-0.2, -0.15) is 4.31 Å². The van der Waals surface area contributed by atoms with Gasteiger partial charge in [-0.3, -0.25) is 9.79 Å². The number of nitrogens with one attached hydrogen (secondary N) is 1. The maximum atomic E-state index is 13.1. The quantitative estimate of drug-likeness (QED) is 0.843. The van der Waals surface area contributed by atoms with Gasteiger partial charge in [-0.05, 0) is 38.5 Å². The molecule has 2 heterocycles. The molecule has 1 N–H and O–H groups in total. The second-order valence-electron chi connectivity index (χ2n) is 7.99. The summed E-state index contributed by atoms with van der Waals surface area (Å²) in [6.07, 6.45) is 0.913. The molecule has 2 aromatic rings. The molecule has 6 nitrogen and oxygen atoms in total. The number of sulfonamides is 1. The van der Waals surface area contributed by atoms with E-state index in [2.05, 4.69) is 5.32 Å². The highest BCUT2D eigenvalue weighted by atomic mass is 32.2. The van der Waals surface area contributed by atoms with Crippen molar-refractivity contribution in [3.05, 3.63) is 64.7 Å². The lowest BCUT2D eigenvalue weighted by molar-refractivity contribution is -0.115. The zero-order chi connectivity index (χ0) is 20.8. The van der Waals surface area contributed by atoms with Crippen LogP contribution in [0, 0.1) is 20.8 Å². The van der Waals surface area contributed by atoms with Gasteiger partial charge in [0.2, 0.25) is 10.0 Å². The average Bonchev–Trinajstić information content (AvgIpc) is 2.97. The molecule has 1 spiro atoms. The summed E-state index contributed by atoms with van der Waals surface area (Å²) in [5, 5.41) is 3.00. The summed E-state index contributed by atoms with van der Waals surface area (Å²) >= 11 is 0. The molecule has 2 aliphatic heterocycles. The lowest BCUT2D eigenvalue weighted by Gasteiger charge is -2.36. The molecule has 1 saturated heterocycles. The third-order valence-corrected chi connectivity index (χ3v) is 7.74. The van der Waals surface area contributed by atoms with Gasteiger partial charge >= 0.3 is 0 Å². The van der Waals surface area contributed by atoms with Crippen LogP contribution in [0.1, 0.15) is 35.1 Å². The molecule has 0 bridgehead atoms. The van der Waals surface area contributed by atoms with Gasteiger partial charge in [0.15, 0.2) is 0 Å². The largest absolute Gasteiger partial charge is 0.326 e. The maximum absolute atomic E-state index is 13.1. The van der Waals surface area contributed by atoms with Crippen molar-refractivity contribution in [2.24, 2.45) is 4.99 Å². The first-order valence-corrected chi connectivity index (χ1v) is 11.2. The number of piperidine rings is 1. The average molecular weight is 412 g/mol. The number of hydrogen-bond acceptors (Lipinski definition) is 4. The molecule has 0 aromatic heterocycles. The van der Waals surface area contributed by atoms with Crippen LogP contribution in [0.5, 0.6) is 0 Å². The first-order valence-electron chi connectivity index (χ1n) is 9.77. The van der Waals surface area contributed by atoms with Gasteiger partial charge in [0.25, 0.3) is 5.91 Å². The van der Waals surface area contributed by atoms with Crippen molar-refractivity contribution >= 4 is 21.6 Å². The van der Waals surface area contributed by atoms with Crippen LogP contribution in [-0.4, -0.2) is 43.1 Å². The maximum Gasteiger partial charge on any atom is 0.272 e. The third-order valence-electron chi connectivity index (χ3n) is 5.68. The lowest BCUT2D eigenvalue weighted by Crippen LogP contribution is -2.52. The van der Waals surface area contributed by atoms with Crippen molar-refractivity contribution in [1.82, 2.24) is 9.62 Å². The first-order chi connectivity index (χ1) is 13.7. The molecule has 7 heteroatoms. The van der Waals surface area contributed by atoms with Crippen LogP contribution in [0.15, 0.2) is 52.4 Å². The predicted molar refractivity (Wildman–Crippen MR) is 112 cm³/mol. The standard InChI is InChI=1S/C22H25N3O3S/c1-15-5-4-6-18(14-15)20-21(26)24-22(23-20)9-11-25(12-10-22)29(27,28)19-8-7-16(2)13-17(19)3/h4-8,13-14H,9-12H2,1-3H3,(H,24,26). The van der Waals surface area contributed by atoms with Gasteiger partial charge in [0.05, 0.1) is 4.90 Å². The second kappa shape index (κ2) is 7.07. The number of hydrogen-bond donors (Lipinski definition) is 1. The number of carbonyl (C=O) groups is 1. The summed E-state index contributed by atoms with van der Waals surface area (Å²) in [6, 6.07) is 13.1. The number of benzene rings is 2. The summed E-state index contributed by atoms with van der Waals surface area (Å²) in [7, 11) is -3.57. The van der Waals surface area contributed by atoms with Crippen LogP contribution in [0.25, 0.3) is 0 Å². The van der Waals surface area contributed by atoms with Gasteiger partial charge in [-0.25, -0.2) is 8.42 Å². The Morgan fingerprint density at radius 3 is 2.34 bits per heavy atom. The number of nitrogens with zero attached hydrogens (tertiary/aromatic N) is 2.